The van der Waals surface area contributed by atoms with Gasteiger partial charge in [0.1, 0.15) is 0 Å². The highest BCUT2D eigenvalue weighted by Gasteiger charge is 2.19. The number of aliphatic hydroxyl groups excluding tert-OH is 1. The second kappa shape index (κ2) is 6.59. The fourth-order valence-electron chi connectivity index (χ4n) is 1.62. The van der Waals surface area contributed by atoms with Crippen LogP contribution in [0.5, 0.6) is 0 Å². The van der Waals surface area contributed by atoms with Crippen LogP contribution in [0.1, 0.15) is 6.42 Å². The molecule has 0 aliphatic carbocycles. The van der Waals surface area contributed by atoms with Gasteiger partial charge in [0.05, 0.1) is 6.10 Å². The van der Waals surface area contributed by atoms with E-state index in [-0.39, 0.29) is 6.10 Å². The first-order valence-corrected chi connectivity index (χ1v) is 6.05. The molecule has 90 valence electrons. The van der Waals surface area contributed by atoms with Gasteiger partial charge in [-0.05, 0) is 18.6 Å². The van der Waals surface area contributed by atoms with Crippen LogP contribution in [0.3, 0.4) is 0 Å². The lowest BCUT2D eigenvalue weighted by atomic mass is 10.3. The van der Waals surface area contributed by atoms with Crippen molar-refractivity contribution in [3.63, 3.8) is 0 Å². The Morgan fingerprint density at radius 3 is 2.44 bits per heavy atom. The summed E-state index contributed by atoms with van der Waals surface area (Å²) in [5.74, 6) is 0. The molecule has 0 spiro atoms. The van der Waals surface area contributed by atoms with Crippen molar-refractivity contribution in [3.05, 3.63) is 30.3 Å². The SMILES string of the molecule is NS(=O)[O-].OC1CCN(c2ccccc2)C1. The summed E-state index contributed by atoms with van der Waals surface area (Å²) in [5, 5.41) is 13.3. The Hall–Kier alpha value is -0.950. The third-order valence-corrected chi connectivity index (χ3v) is 2.28. The third kappa shape index (κ3) is 4.71. The standard InChI is InChI=1S/C10H13NO.H3NO2S/c12-10-6-7-11(8-10)9-4-2-1-3-5-9;1-4(2)3/h1-5,10,12H,6-8H2;1H2,(H,2,3)/p-1. The van der Waals surface area contributed by atoms with E-state index in [0.717, 1.165) is 19.5 Å². The van der Waals surface area contributed by atoms with E-state index in [1.165, 1.54) is 5.69 Å². The summed E-state index contributed by atoms with van der Waals surface area (Å²) < 4.78 is 17.6. The Morgan fingerprint density at radius 1 is 1.44 bits per heavy atom. The number of aliphatic hydroxyl groups is 1. The molecule has 1 aromatic rings. The number of nitrogens with zero attached hydrogens (tertiary/aromatic N) is 1. The minimum Gasteiger partial charge on any atom is -0.760 e. The van der Waals surface area contributed by atoms with Crippen LogP contribution in [-0.4, -0.2) is 33.1 Å². The lowest BCUT2D eigenvalue weighted by Crippen LogP contribution is -2.20. The van der Waals surface area contributed by atoms with Gasteiger partial charge in [0.2, 0.25) is 0 Å². The van der Waals surface area contributed by atoms with Gasteiger partial charge < -0.3 is 14.6 Å². The number of para-hydroxylation sites is 1. The maximum Gasteiger partial charge on any atom is 0.0731 e. The lowest BCUT2D eigenvalue weighted by Gasteiger charge is -2.16. The van der Waals surface area contributed by atoms with Crippen LogP contribution in [0.4, 0.5) is 5.69 Å². The first-order valence-electron chi connectivity index (χ1n) is 4.91. The van der Waals surface area contributed by atoms with Gasteiger partial charge in [0.15, 0.2) is 0 Å². The Morgan fingerprint density at radius 2 is 2.00 bits per heavy atom. The third-order valence-electron chi connectivity index (χ3n) is 2.28. The van der Waals surface area contributed by atoms with Crippen molar-refractivity contribution in [2.45, 2.75) is 12.5 Å². The highest BCUT2D eigenvalue weighted by Crippen LogP contribution is 2.19. The number of hydrogen-bond acceptors (Lipinski definition) is 4. The zero-order chi connectivity index (χ0) is 12.0. The van der Waals surface area contributed by atoms with E-state index in [1.54, 1.807) is 0 Å². The number of benzene rings is 1. The molecular formula is C10H15N2O3S-. The molecule has 2 atom stereocenters. The molecule has 1 aliphatic rings. The van der Waals surface area contributed by atoms with E-state index in [0.29, 0.717) is 0 Å². The van der Waals surface area contributed by atoms with Gasteiger partial charge in [0.25, 0.3) is 0 Å². The topological polar surface area (TPSA) is 89.6 Å². The first-order chi connectivity index (χ1) is 7.59. The van der Waals surface area contributed by atoms with E-state index < -0.39 is 11.3 Å². The van der Waals surface area contributed by atoms with Gasteiger partial charge >= 0.3 is 0 Å². The van der Waals surface area contributed by atoms with Crippen LogP contribution in [0, 0.1) is 0 Å². The second-order valence-corrected chi connectivity index (χ2v) is 4.01. The van der Waals surface area contributed by atoms with E-state index in [2.05, 4.69) is 22.2 Å². The van der Waals surface area contributed by atoms with Crippen LogP contribution in [0.25, 0.3) is 0 Å². The van der Waals surface area contributed by atoms with Crippen LogP contribution in [0.15, 0.2) is 30.3 Å². The van der Waals surface area contributed by atoms with Crippen molar-refractivity contribution in [1.82, 2.24) is 0 Å². The smallest absolute Gasteiger partial charge is 0.0731 e. The molecule has 5 nitrogen and oxygen atoms in total. The molecule has 2 unspecified atom stereocenters. The van der Waals surface area contributed by atoms with Crippen LogP contribution in [0.2, 0.25) is 0 Å². The molecule has 1 saturated heterocycles. The Labute approximate surface area is 97.3 Å². The second-order valence-electron chi connectivity index (χ2n) is 3.48. The number of rotatable bonds is 1. The van der Waals surface area contributed by atoms with Gasteiger partial charge in [-0.3, -0.25) is 9.35 Å². The normalized spacial score (nSPS) is 21.2. The van der Waals surface area contributed by atoms with Crippen molar-refractivity contribution in [2.24, 2.45) is 5.14 Å². The molecule has 0 radical (unpaired) electrons. The van der Waals surface area contributed by atoms with Gasteiger partial charge in [-0.15, -0.1) is 0 Å². The fourth-order valence-corrected chi connectivity index (χ4v) is 1.62. The predicted octanol–water partition coefficient (Wildman–Crippen LogP) is -0.00320. The van der Waals surface area contributed by atoms with Crippen molar-refractivity contribution >= 4 is 17.0 Å². The molecule has 0 amide bonds. The molecule has 1 heterocycles. The van der Waals surface area contributed by atoms with Crippen LogP contribution in [-0.2, 0) is 11.3 Å². The lowest BCUT2D eigenvalue weighted by molar-refractivity contribution is 0.198. The molecule has 0 saturated carbocycles. The van der Waals surface area contributed by atoms with Crippen molar-refractivity contribution < 1.29 is 13.9 Å². The molecule has 16 heavy (non-hydrogen) atoms. The summed E-state index contributed by atoms with van der Waals surface area (Å²) >= 11 is -2.36. The summed E-state index contributed by atoms with van der Waals surface area (Å²) in [7, 11) is 0. The average Bonchev–Trinajstić information content (AvgIpc) is 2.65. The Balaban J connectivity index is 0.000000280. The fraction of sp³-hybridized carbons (Fsp3) is 0.400. The van der Waals surface area contributed by atoms with Crippen molar-refractivity contribution in [2.75, 3.05) is 18.0 Å². The summed E-state index contributed by atoms with van der Waals surface area (Å²) in [6.45, 7) is 1.76. The predicted molar refractivity (Wildman–Crippen MR) is 62.4 cm³/mol. The summed E-state index contributed by atoms with van der Waals surface area (Å²) in [5.41, 5.74) is 1.22. The zero-order valence-electron chi connectivity index (χ0n) is 8.78. The summed E-state index contributed by atoms with van der Waals surface area (Å²) in [6, 6.07) is 10.2. The molecular weight excluding hydrogens is 228 g/mol. The van der Waals surface area contributed by atoms with Crippen LogP contribution >= 0.6 is 0 Å². The Bertz CT molecular complexity index is 330. The number of hydrogen-bond donors (Lipinski definition) is 2. The molecule has 1 aliphatic heterocycles. The minimum atomic E-state index is -2.36. The van der Waals surface area contributed by atoms with Gasteiger partial charge in [-0.25, -0.2) is 0 Å². The molecule has 1 aromatic carbocycles. The molecule has 6 heteroatoms. The molecule has 3 N–H and O–H groups in total. The number of nitrogens with two attached hydrogens (primary N) is 1. The number of β-amino-alcohol motifs (C(OH)–C–C–N with tert-alkyl or cyclic N) is 1. The van der Waals surface area contributed by atoms with Gasteiger partial charge in [-0.2, -0.15) is 0 Å². The van der Waals surface area contributed by atoms with Gasteiger partial charge in [0, 0.05) is 30.0 Å². The monoisotopic (exact) mass is 243 g/mol. The van der Waals surface area contributed by atoms with Gasteiger partial charge in [-0.1, -0.05) is 18.2 Å². The average molecular weight is 243 g/mol. The Kier molecular flexibility index (Phi) is 5.41. The van der Waals surface area contributed by atoms with E-state index >= 15 is 0 Å². The van der Waals surface area contributed by atoms with E-state index in [1.807, 2.05) is 18.2 Å². The zero-order valence-corrected chi connectivity index (χ0v) is 9.60. The first kappa shape index (κ1) is 13.1. The highest BCUT2D eigenvalue weighted by atomic mass is 32.2. The number of anilines is 1. The quantitative estimate of drug-likeness (QED) is 0.679. The maximum atomic E-state index is 9.32. The summed E-state index contributed by atoms with van der Waals surface area (Å²) in [6.07, 6.45) is 0.764. The van der Waals surface area contributed by atoms with E-state index in [9.17, 15) is 5.11 Å². The van der Waals surface area contributed by atoms with Crippen molar-refractivity contribution in [3.8, 4) is 0 Å². The van der Waals surface area contributed by atoms with E-state index in [4.69, 9.17) is 8.76 Å². The maximum absolute atomic E-state index is 9.32. The highest BCUT2D eigenvalue weighted by molar-refractivity contribution is 7.76. The largest absolute Gasteiger partial charge is 0.760 e. The van der Waals surface area contributed by atoms with Crippen molar-refractivity contribution in [1.29, 1.82) is 0 Å². The summed E-state index contributed by atoms with van der Waals surface area (Å²) in [4.78, 5) is 2.21. The minimum absolute atomic E-state index is 0.134. The molecule has 0 bridgehead atoms. The molecule has 2 rings (SSSR count). The van der Waals surface area contributed by atoms with Crippen LogP contribution < -0.4 is 10.0 Å². The molecule has 1 fully saturated rings. The molecule has 0 aromatic heterocycles.